The average Bonchev–Trinajstić information content (AvgIpc) is 2.85. The number of aromatic nitrogens is 2. The van der Waals surface area contributed by atoms with Crippen molar-refractivity contribution in [1.82, 2.24) is 10.2 Å². The lowest BCUT2D eigenvalue weighted by Crippen LogP contribution is -2.17. The molecule has 0 amide bonds. The Hall–Kier alpha value is -2.55. The van der Waals surface area contributed by atoms with Gasteiger partial charge in [0, 0.05) is 17.4 Å². The van der Waals surface area contributed by atoms with Crippen LogP contribution in [0.25, 0.3) is 0 Å². The van der Waals surface area contributed by atoms with Crippen molar-refractivity contribution in [2.75, 3.05) is 10.5 Å². The Bertz CT molecular complexity index is 782. The maximum absolute atomic E-state index is 12.3. The molecule has 0 saturated heterocycles. The van der Waals surface area contributed by atoms with Gasteiger partial charge in [-0.15, -0.1) is 0 Å². The molecular formula is C12H14N4O4S. The Morgan fingerprint density at radius 3 is 2.71 bits per heavy atom. The number of nitrogens with zero attached hydrogens (tertiary/aromatic N) is 1. The Morgan fingerprint density at radius 2 is 2.14 bits per heavy atom. The molecule has 5 N–H and O–H groups in total. The first-order valence-corrected chi connectivity index (χ1v) is 7.51. The van der Waals surface area contributed by atoms with Crippen molar-refractivity contribution in [2.45, 2.75) is 18.2 Å². The van der Waals surface area contributed by atoms with E-state index in [9.17, 15) is 13.2 Å². The molecule has 0 aliphatic carbocycles. The summed E-state index contributed by atoms with van der Waals surface area (Å²) in [6.45, 7) is 1.88. The van der Waals surface area contributed by atoms with E-state index in [1.807, 2.05) is 6.92 Å². The number of aromatic amines is 1. The molecule has 9 heteroatoms. The van der Waals surface area contributed by atoms with Crippen LogP contribution in [-0.4, -0.2) is 29.7 Å². The van der Waals surface area contributed by atoms with Crippen LogP contribution in [0.1, 0.15) is 23.0 Å². The van der Waals surface area contributed by atoms with Crippen molar-refractivity contribution in [3.63, 3.8) is 0 Å². The van der Waals surface area contributed by atoms with Crippen molar-refractivity contribution in [2.24, 2.45) is 0 Å². The Balaban J connectivity index is 2.43. The fourth-order valence-electron chi connectivity index (χ4n) is 1.73. The molecule has 0 radical (unpaired) electrons. The number of anilines is 2. The molecule has 1 heterocycles. The number of rotatable bonds is 5. The van der Waals surface area contributed by atoms with Crippen LogP contribution in [0.3, 0.4) is 0 Å². The minimum absolute atomic E-state index is 0.0885. The summed E-state index contributed by atoms with van der Waals surface area (Å²) < 4.78 is 26.8. The van der Waals surface area contributed by atoms with E-state index in [1.165, 1.54) is 12.1 Å². The third-order valence-electron chi connectivity index (χ3n) is 2.78. The summed E-state index contributed by atoms with van der Waals surface area (Å²) >= 11 is 0. The van der Waals surface area contributed by atoms with Crippen molar-refractivity contribution >= 4 is 27.5 Å². The largest absolute Gasteiger partial charge is 0.478 e. The van der Waals surface area contributed by atoms with Gasteiger partial charge in [0.1, 0.15) is 4.90 Å². The van der Waals surface area contributed by atoms with Gasteiger partial charge >= 0.3 is 5.97 Å². The monoisotopic (exact) mass is 310 g/mol. The maximum atomic E-state index is 12.3. The van der Waals surface area contributed by atoms with Gasteiger partial charge in [-0.05, 0) is 24.6 Å². The molecule has 0 unspecified atom stereocenters. The van der Waals surface area contributed by atoms with E-state index in [-0.39, 0.29) is 17.1 Å². The van der Waals surface area contributed by atoms with Gasteiger partial charge in [-0.25, -0.2) is 13.2 Å². The lowest BCUT2D eigenvalue weighted by Gasteiger charge is -2.09. The highest BCUT2D eigenvalue weighted by Crippen LogP contribution is 2.22. The minimum atomic E-state index is -4.10. The van der Waals surface area contributed by atoms with Gasteiger partial charge in [-0.1, -0.05) is 6.92 Å². The second-order valence-electron chi connectivity index (χ2n) is 4.30. The molecule has 1 aromatic heterocycles. The SMILES string of the molecule is CCc1cc(NS(=O)(=O)c2cc(N)ccc2C(=O)O)n[nH]1. The summed E-state index contributed by atoms with van der Waals surface area (Å²) in [6, 6.07) is 5.10. The summed E-state index contributed by atoms with van der Waals surface area (Å²) in [4.78, 5) is 10.7. The molecule has 0 saturated carbocycles. The third kappa shape index (κ3) is 3.14. The topological polar surface area (TPSA) is 138 Å². The fourth-order valence-corrected chi connectivity index (χ4v) is 2.95. The highest BCUT2D eigenvalue weighted by molar-refractivity contribution is 7.92. The molecule has 0 atom stereocenters. The van der Waals surface area contributed by atoms with E-state index in [2.05, 4.69) is 14.9 Å². The Labute approximate surface area is 121 Å². The normalized spacial score (nSPS) is 11.3. The van der Waals surface area contributed by atoms with Crippen molar-refractivity contribution < 1.29 is 18.3 Å². The summed E-state index contributed by atoms with van der Waals surface area (Å²) in [5.41, 5.74) is 6.08. The Kier molecular flexibility index (Phi) is 3.85. The number of aryl methyl sites for hydroxylation is 1. The Morgan fingerprint density at radius 1 is 1.43 bits per heavy atom. The summed E-state index contributed by atoms with van der Waals surface area (Å²) in [6.07, 6.45) is 0.660. The molecule has 21 heavy (non-hydrogen) atoms. The average molecular weight is 310 g/mol. The second-order valence-corrected chi connectivity index (χ2v) is 5.95. The van der Waals surface area contributed by atoms with E-state index in [0.717, 1.165) is 17.8 Å². The van der Waals surface area contributed by atoms with E-state index in [4.69, 9.17) is 10.8 Å². The molecule has 2 rings (SSSR count). The molecule has 0 bridgehead atoms. The quantitative estimate of drug-likeness (QED) is 0.609. The lowest BCUT2D eigenvalue weighted by molar-refractivity contribution is 0.0692. The van der Waals surface area contributed by atoms with E-state index in [0.29, 0.717) is 6.42 Å². The highest BCUT2D eigenvalue weighted by Gasteiger charge is 2.23. The van der Waals surface area contributed by atoms with Gasteiger partial charge in [-0.2, -0.15) is 5.10 Å². The molecule has 0 aliphatic rings. The zero-order valence-electron chi connectivity index (χ0n) is 11.1. The first-order chi connectivity index (χ1) is 9.83. The predicted octanol–water partition coefficient (Wildman–Crippen LogP) is 1.05. The van der Waals surface area contributed by atoms with Crippen LogP contribution < -0.4 is 10.5 Å². The van der Waals surface area contributed by atoms with Crippen LogP contribution in [-0.2, 0) is 16.4 Å². The number of carbonyl (C=O) groups is 1. The fraction of sp³-hybridized carbons (Fsp3) is 0.167. The number of carboxylic acid groups (broad SMARTS) is 1. The van der Waals surface area contributed by atoms with E-state index < -0.39 is 20.9 Å². The number of nitrogens with two attached hydrogens (primary N) is 1. The highest BCUT2D eigenvalue weighted by atomic mass is 32.2. The minimum Gasteiger partial charge on any atom is -0.478 e. The van der Waals surface area contributed by atoms with Crippen molar-refractivity contribution in [3.8, 4) is 0 Å². The number of hydrogen-bond acceptors (Lipinski definition) is 5. The lowest BCUT2D eigenvalue weighted by atomic mass is 10.2. The molecule has 0 aliphatic heterocycles. The molecule has 0 fully saturated rings. The van der Waals surface area contributed by atoms with Crippen LogP contribution in [0, 0.1) is 0 Å². The summed E-state index contributed by atoms with van der Waals surface area (Å²) in [5.74, 6) is -1.27. The van der Waals surface area contributed by atoms with Gasteiger partial charge in [0.05, 0.1) is 5.56 Å². The maximum Gasteiger partial charge on any atom is 0.337 e. The standard InChI is InChI=1S/C12H14N4O4S/c1-2-8-6-11(15-14-8)16-21(19,20)10-5-7(13)3-4-9(10)12(17)18/h3-6H,2,13H2,1H3,(H,17,18)(H2,14,15,16). The summed E-state index contributed by atoms with van der Waals surface area (Å²) in [7, 11) is -4.10. The first-order valence-electron chi connectivity index (χ1n) is 6.03. The van der Waals surface area contributed by atoms with Crippen LogP contribution in [0.2, 0.25) is 0 Å². The van der Waals surface area contributed by atoms with Crippen molar-refractivity contribution in [3.05, 3.63) is 35.5 Å². The third-order valence-corrected chi connectivity index (χ3v) is 4.17. The predicted molar refractivity (Wildman–Crippen MR) is 76.6 cm³/mol. The zero-order valence-corrected chi connectivity index (χ0v) is 11.9. The number of benzene rings is 1. The van der Waals surface area contributed by atoms with Crippen LogP contribution in [0.5, 0.6) is 0 Å². The van der Waals surface area contributed by atoms with Gasteiger partial charge in [0.15, 0.2) is 5.82 Å². The van der Waals surface area contributed by atoms with E-state index >= 15 is 0 Å². The zero-order chi connectivity index (χ0) is 15.6. The van der Waals surface area contributed by atoms with Crippen LogP contribution >= 0.6 is 0 Å². The second kappa shape index (κ2) is 5.44. The molecule has 1 aromatic carbocycles. The van der Waals surface area contributed by atoms with Gasteiger partial charge in [0.2, 0.25) is 0 Å². The number of aromatic carboxylic acids is 1. The van der Waals surface area contributed by atoms with Gasteiger partial charge < -0.3 is 10.8 Å². The van der Waals surface area contributed by atoms with Crippen molar-refractivity contribution in [1.29, 1.82) is 0 Å². The number of carboxylic acids is 1. The molecule has 2 aromatic rings. The summed E-state index contributed by atoms with van der Waals surface area (Å²) in [5, 5.41) is 15.5. The van der Waals surface area contributed by atoms with Gasteiger partial charge in [-0.3, -0.25) is 9.82 Å². The number of sulfonamides is 1. The van der Waals surface area contributed by atoms with Crippen LogP contribution in [0.15, 0.2) is 29.2 Å². The first kappa shape index (κ1) is 14.9. The number of H-pyrrole nitrogens is 1. The molecule has 0 spiro atoms. The smallest absolute Gasteiger partial charge is 0.337 e. The molecular weight excluding hydrogens is 296 g/mol. The number of hydrogen-bond donors (Lipinski definition) is 4. The molecule has 8 nitrogen and oxygen atoms in total. The van der Waals surface area contributed by atoms with Crippen LogP contribution in [0.4, 0.5) is 11.5 Å². The van der Waals surface area contributed by atoms with E-state index in [1.54, 1.807) is 0 Å². The van der Waals surface area contributed by atoms with Gasteiger partial charge in [0.25, 0.3) is 10.0 Å². The number of nitrogen functional groups attached to an aromatic ring is 1. The number of nitrogens with one attached hydrogen (secondary N) is 2. The molecule has 112 valence electrons.